The zero-order chi connectivity index (χ0) is 27.0. The van der Waals surface area contributed by atoms with E-state index in [2.05, 4.69) is 30.0 Å². The molecule has 0 fully saturated rings. The Kier molecular flexibility index (Phi) is 6.78. The molecule has 2 aromatic carbocycles. The summed E-state index contributed by atoms with van der Waals surface area (Å²) in [6, 6.07) is 10.8. The van der Waals surface area contributed by atoms with Gasteiger partial charge in [0.1, 0.15) is 34.2 Å². The van der Waals surface area contributed by atoms with E-state index in [4.69, 9.17) is 23.2 Å². The molecule has 0 aliphatic rings. The summed E-state index contributed by atoms with van der Waals surface area (Å²) in [7, 11) is -4.47. The second kappa shape index (κ2) is 10.0. The third-order valence-corrected chi connectivity index (χ3v) is 7.22. The normalized spacial score (nSPS) is 11.5. The van der Waals surface area contributed by atoms with Gasteiger partial charge in [0.15, 0.2) is 11.0 Å². The molecule has 0 aliphatic heterocycles. The quantitative estimate of drug-likeness (QED) is 0.226. The summed E-state index contributed by atoms with van der Waals surface area (Å²) in [5.74, 6) is -2.47. The second-order valence-electron chi connectivity index (χ2n) is 7.78. The second-order valence-corrected chi connectivity index (χ2v) is 10.2. The minimum atomic E-state index is -4.47. The first kappa shape index (κ1) is 25.6. The molecule has 3 heterocycles. The molecular formula is C24H13Cl2F3N6O2S. The minimum absolute atomic E-state index is 0.0789. The fraction of sp³-hybridized carbons (Fsp3) is 0. The Balaban J connectivity index is 1.51. The molecule has 0 bridgehead atoms. The topological polar surface area (TPSA) is 110 Å². The first-order valence-corrected chi connectivity index (χ1v) is 12.8. The van der Waals surface area contributed by atoms with Crippen molar-refractivity contribution in [3.8, 4) is 11.3 Å². The number of anilines is 3. The fourth-order valence-electron chi connectivity index (χ4n) is 3.46. The number of pyridine rings is 2. The van der Waals surface area contributed by atoms with Gasteiger partial charge in [-0.25, -0.2) is 41.5 Å². The number of hydrogen-bond donors (Lipinski definition) is 2. The summed E-state index contributed by atoms with van der Waals surface area (Å²) in [5.41, 5.74) is 1.84. The number of halogens is 5. The Morgan fingerprint density at radius 2 is 1.66 bits per heavy atom. The highest BCUT2D eigenvalue weighted by Gasteiger charge is 2.22. The Hall–Kier alpha value is -4.00. The van der Waals surface area contributed by atoms with Crippen molar-refractivity contribution in [2.45, 2.75) is 4.90 Å². The van der Waals surface area contributed by atoms with Crippen LogP contribution in [-0.2, 0) is 10.0 Å². The number of sulfonamides is 1. The van der Waals surface area contributed by atoms with Gasteiger partial charge >= 0.3 is 0 Å². The Morgan fingerprint density at radius 1 is 0.842 bits per heavy atom. The van der Waals surface area contributed by atoms with Gasteiger partial charge in [0.2, 0.25) is 0 Å². The van der Waals surface area contributed by atoms with Crippen LogP contribution in [0.15, 0.2) is 72.0 Å². The highest BCUT2D eigenvalue weighted by Crippen LogP contribution is 2.31. The lowest BCUT2D eigenvalue weighted by atomic mass is 10.1. The SMILES string of the molecule is O=S(=O)(Nc1cc(-c2ccc3ncnc(Nc4ccc(F)c(Cl)c4)c3n2)cnc1Cl)c1ccc(F)cc1F. The summed E-state index contributed by atoms with van der Waals surface area (Å²) in [6.45, 7) is 0. The van der Waals surface area contributed by atoms with E-state index in [1.165, 1.54) is 36.8 Å². The fourth-order valence-corrected chi connectivity index (χ4v) is 4.96. The Labute approximate surface area is 223 Å². The number of rotatable bonds is 6. The molecule has 0 unspecified atom stereocenters. The molecule has 0 saturated heterocycles. The summed E-state index contributed by atoms with van der Waals surface area (Å²) in [5, 5.41) is 2.73. The highest BCUT2D eigenvalue weighted by atomic mass is 35.5. The maximum absolute atomic E-state index is 14.1. The average Bonchev–Trinajstić information content (AvgIpc) is 2.87. The third kappa shape index (κ3) is 5.19. The van der Waals surface area contributed by atoms with Crippen LogP contribution >= 0.6 is 23.2 Å². The van der Waals surface area contributed by atoms with Crippen molar-refractivity contribution in [1.29, 1.82) is 0 Å². The smallest absolute Gasteiger partial charge is 0.264 e. The Bertz CT molecular complexity index is 1830. The molecule has 5 aromatic rings. The van der Waals surface area contributed by atoms with E-state index in [0.29, 0.717) is 39.9 Å². The van der Waals surface area contributed by atoms with Crippen molar-refractivity contribution in [2.24, 2.45) is 0 Å². The molecular weight excluding hydrogens is 564 g/mol. The number of fused-ring (bicyclic) bond motifs is 1. The van der Waals surface area contributed by atoms with E-state index in [0.717, 1.165) is 12.1 Å². The van der Waals surface area contributed by atoms with Crippen LogP contribution in [0.1, 0.15) is 0 Å². The van der Waals surface area contributed by atoms with Gasteiger partial charge in [-0.3, -0.25) is 4.72 Å². The van der Waals surface area contributed by atoms with Gasteiger partial charge in [-0.2, -0.15) is 0 Å². The first-order valence-electron chi connectivity index (χ1n) is 10.6. The maximum atomic E-state index is 14.1. The minimum Gasteiger partial charge on any atom is -0.338 e. The highest BCUT2D eigenvalue weighted by molar-refractivity contribution is 7.92. The molecule has 2 N–H and O–H groups in total. The summed E-state index contributed by atoms with van der Waals surface area (Å²) in [4.78, 5) is 16.2. The zero-order valence-corrected chi connectivity index (χ0v) is 21.1. The number of aromatic nitrogens is 4. The van der Waals surface area contributed by atoms with Crippen LogP contribution in [-0.4, -0.2) is 28.4 Å². The van der Waals surface area contributed by atoms with Crippen LogP contribution in [0.3, 0.4) is 0 Å². The molecule has 3 aromatic heterocycles. The van der Waals surface area contributed by atoms with E-state index in [9.17, 15) is 21.6 Å². The van der Waals surface area contributed by atoms with Crippen LogP contribution in [0.4, 0.5) is 30.4 Å². The summed E-state index contributed by atoms with van der Waals surface area (Å²) in [6.07, 6.45) is 2.69. The van der Waals surface area contributed by atoms with Crippen molar-refractivity contribution in [2.75, 3.05) is 10.0 Å². The lowest BCUT2D eigenvalue weighted by molar-refractivity contribution is 0.551. The summed E-state index contributed by atoms with van der Waals surface area (Å²) < 4.78 is 68.5. The van der Waals surface area contributed by atoms with Gasteiger partial charge < -0.3 is 5.32 Å². The predicted molar refractivity (Wildman–Crippen MR) is 137 cm³/mol. The van der Waals surface area contributed by atoms with Crippen molar-refractivity contribution >= 4 is 61.5 Å². The largest absolute Gasteiger partial charge is 0.338 e. The van der Waals surface area contributed by atoms with Crippen molar-refractivity contribution in [3.63, 3.8) is 0 Å². The lowest BCUT2D eigenvalue weighted by Crippen LogP contribution is -2.15. The molecule has 0 amide bonds. The first-order chi connectivity index (χ1) is 18.1. The Morgan fingerprint density at radius 3 is 2.42 bits per heavy atom. The lowest BCUT2D eigenvalue weighted by Gasteiger charge is -2.12. The molecule has 8 nitrogen and oxygen atoms in total. The molecule has 0 saturated carbocycles. The van der Waals surface area contributed by atoms with Crippen LogP contribution < -0.4 is 10.0 Å². The van der Waals surface area contributed by atoms with Gasteiger partial charge in [-0.1, -0.05) is 23.2 Å². The van der Waals surface area contributed by atoms with Crippen LogP contribution in [0.2, 0.25) is 10.2 Å². The molecule has 0 radical (unpaired) electrons. The monoisotopic (exact) mass is 576 g/mol. The zero-order valence-electron chi connectivity index (χ0n) is 18.8. The van der Waals surface area contributed by atoms with Crippen molar-refractivity contribution in [3.05, 3.63) is 94.7 Å². The van der Waals surface area contributed by atoms with Crippen molar-refractivity contribution < 1.29 is 21.6 Å². The van der Waals surface area contributed by atoms with E-state index < -0.39 is 32.4 Å². The predicted octanol–water partition coefficient (Wildman–Crippen LogP) is 6.36. The van der Waals surface area contributed by atoms with E-state index in [1.54, 1.807) is 12.1 Å². The van der Waals surface area contributed by atoms with Gasteiger partial charge in [0.05, 0.1) is 21.9 Å². The van der Waals surface area contributed by atoms with Crippen LogP contribution in [0.25, 0.3) is 22.3 Å². The number of hydrogen-bond acceptors (Lipinski definition) is 7. The van der Waals surface area contributed by atoms with Gasteiger partial charge in [0.25, 0.3) is 10.0 Å². The molecule has 192 valence electrons. The van der Waals surface area contributed by atoms with E-state index in [-0.39, 0.29) is 15.9 Å². The number of nitrogens with zero attached hydrogens (tertiary/aromatic N) is 4. The summed E-state index contributed by atoms with van der Waals surface area (Å²) >= 11 is 12.0. The van der Waals surface area contributed by atoms with Gasteiger partial charge in [-0.15, -0.1) is 0 Å². The van der Waals surface area contributed by atoms with Gasteiger partial charge in [-0.05, 0) is 48.5 Å². The van der Waals surface area contributed by atoms with Gasteiger partial charge in [0, 0.05) is 23.5 Å². The molecule has 0 spiro atoms. The van der Waals surface area contributed by atoms with E-state index in [1.807, 2.05) is 0 Å². The maximum Gasteiger partial charge on any atom is 0.264 e. The molecule has 5 rings (SSSR count). The number of nitrogens with one attached hydrogen (secondary N) is 2. The standard InChI is InChI=1S/C24H13Cl2F3N6O2S/c25-15-9-14(2-3-16(15)28)33-24-22-19(31-11-32-24)5-4-18(34-22)12-7-20(23(26)30-10-12)35-38(36,37)21-6-1-13(27)8-17(21)29/h1-11,35H,(H,31,32,33). The molecule has 38 heavy (non-hydrogen) atoms. The molecule has 0 atom stereocenters. The molecule has 0 aliphatic carbocycles. The van der Waals surface area contributed by atoms with Crippen LogP contribution in [0, 0.1) is 17.5 Å². The molecule has 14 heteroatoms. The average molecular weight is 577 g/mol. The van der Waals surface area contributed by atoms with Crippen molar-refractivity contribution in [1.82, 2.24) is 19.9 Å². The third-order valence-electron chi connectivity index (χ3n) is 5.23. The van der Waals surface area contributed by atoms with E-state index >= 15 is 0 Å². The van der Waals surface area contributed by atoms with Crippen LogP contribution in [0.5, 0.6) is 0 Å². The number of benzene rings is 2.